The molecule has 0 aromatic carbocycles. The first-order chi connectivity index (χ1) is 4.88. The second-order valence-electron chi connectivity index (χ2n) is 1.76. The van der Waals surface area contributed by atoms with Gasteiger partial charge in [0.1, 0.15) is 12.0 Å². The Labute approximate surface area is 61.6 Å². The van der Waals surface area contributed by atoms with Crippen molar-refractivity contribution in [2.45, 2.75) is 13.1 Å². The molecule has 0 aromatic rings. The largest absolute Gasteiger partial charge is 0.512 e. The summed E-state index contributed by atoms with van der Waals surface area (Å²) in [5.41, 5.74) is 0. The number of alkyl halides is 3. The predicted octanol–water partition coefficient (Wildman–Crippen LogP) is 2.50. The Hall–Kier alpha value is -1.13. The zero-order valence-electron chi connectivity index (χ0n) is 5.77. The van der Waals surface area contributed by atoms with E-state index in [0.29, 0.717) is 6.26 Å². The first-order valence-electron chi connectivity index (χ1n) is 2.63. The number of ether oxygens (including phenoxy) is 1. The number of rotatable bonds is 2. The summed E-state index contributed by atoms with van der Waals surface area (Å²) in [5.74, 6) is -1.60. The van der Waals surface area contributed by atoms with Gasteiger partial charge in [-0.3, -0.25) is 0 Å². The van der Waals surface area contributed by atoms with Gasteiger partial charge in [0.15, 0.2) is 0 Å². The number of halogens is 3. The van der Waals surface area contributed by atoms with Gasteiger partial charge in [-0.1, -0.05) is 6.58 Å². The van der Waals surface area contributed by atoms with Crippen molar-refractivity contribution >= 4 is 0 Å². The van der Waals surface area contributed by atoms with Gasteiger partial charge in [-0.25, -0.2) is 0 Å². The molecular weight excluding hydrogens is 161 g/mol. The molecule has 0 spiro atoms. The van der Waals surface area contributed by atoms with Crippen molar-refractivity contribution in [2.75, 3.05) is 0 Å². The van der Waals surface area contributed by atoms with Crippen LogP contribution in [0.2, 0.25) is 0 Å². The molecule has 1 N–H and O–H groups in total. The fourth-order valence-corrected chi connectivity index (χ4v) is 0.279. The zero-order valence-corrected chi connectivity index (χ0v) is 5.77. The quantitative estimate of drug-likeness (QED) is 0.642. The second kappa shape index (κ2) is 3.32. The van der Waals surface area contributed by atoms with Crippen LogP contribution in [0, 0.1) is 0 Å². The van der Waals surface area contributed by atoms with E-state index in [1.54, 1.807) is 0 Å². The fourth-order valence-electron chi connectivity index (χ4n) is 0.279. The van der Waals surface area contributed by atoms with Crippen molar-refractivity contribution in [3.05, 3.63) is 24.4 Å². The maximum absolute atomic E-state index is 11.6. The van der Waals surface area contributed by atoms with E-state index >= 15 is 0 Å². The number of allylic oxidation sites excluding steroid dienone is 2. The van der Waals surface area contributed by atoms with Crippen LogP contribution in [0.15, 0.2) is 24.4 Å². The van der Waals surface area contributed by atoms with Crippen LogP contribution in [0.25, 0.3) is 0 Å². The van der Waals surface area contributed by atoms with Crippen molar-refractivity contribution in [1.29, 1.82) is 0 Å². The van der Waals surface area contributed by atoms with E-state index in [9.17, 15) is 13.2 Å². The lowest BCUT2D eigenvalue weighted by Gasteiger charge is -2.10. The number of hydrogen-bond acceptors (Lipinski definition) is 2. The highest BCUT2D eigenvalue weighted by Gasteiger charge is 2.34. The number of aliphatic hydroxyl groups excluding tert-OH is 1. The molecule has 0 saturated heterocycles. The van der Waals surface area contributed by atoms with Crippen molar-refractivity contribution in [3.8, 4) is 0 Å². The lowest BCUT2D eigenvalue weighted by molar-refractivity contribution is -0.123. The lowest BCUT2D eigenvalue weighted by Crippen LogP contribution is -2.12. The summed E-state index contributed by atoms with van der Waals surface area (Å²) in [7, 11) is 0. The van der Waals surface area contributed by atoms with Gasteiger partial charge in [0.25, 0.3) is 0 Å². The Morgan fingerprint density at radius 3 is 2.27 bits per heavy atom. The summed E-state index contributed by atoms with van der Waals surface area (Å²) < 4.78 is 38.9. The molecule has 5 heteroatoms. The molecule has 0 unspecified atom stereocenters. The van der Waals surface area contributed by atoms with Crippen LogP contribution in [0.4, 0.5) is 13.2 Å². The van der Waals surface area contributed by atoms with Gasteiger partial charge in [-0.15, -0.1) is 0 Å². The third-order valence-electron chi connectivity index (χ3n) is 0.782. The third-order valence-corrected chi connectivity index (χ3v) is 0.782. The maximum atomic E-state index is 11.6. The Kier molecular flexibility index (Phi) is 2.98. The predicted molar refractivity (Wildman–Crippen MR) is 32.7 cm³/mol. The van der Waals surface area contributed by atoms with Crippen LogP contribution < -0.4 is 0 Å². The van der Waals surface area contributed by atoms with Gasteiger partial charge in [0.05, 0.1) is 0 Å². The molecule has 0 saturated carbocycles. The van der Waals surface area contributed by atoms with Crippen LogP contribution in [0.3, 0.4) is 0 Å². The average Bonchev–Trinajstić information content (AvgIpc) is 1.85. The Bertz CT molecular complexity index is 181. The molecule has 64 valence electrons. The van der Waals surface area contributed by atoms with E-state index in [0.717, 1.165) is 0 Å². The fraction of sp³-hybridized carbons (Fsp3) is 0.333. The number of aliphatic hydroxyl groups is 1. The molecule has 0 amide bonds. The van der Waals surface area contributed by atoms with E-state index in [2.05, 4.69) is 11.3 Å². The normalized spacial score (nSPS) is 12.9. The van der Waals surface area contributed by atoms with Crippen molar-refractivity contribution in [3.63, 3.8) is 0 Å². The van der Waals surface area contributed by atoms with Gasteiger partial charge in [0, 0.05) is 0 Å². The topological polar surface area (TPSA) is 29.5 Å². The lowest BCUT2D eigenvalue weighted by atomic mass is 10.5. The minimum absolute atomic E-state index is 0.257. The Balaban J connectivity index is 4.10. The molecule has 0 atom stereocenters. The smallest absolute Gasteiger partial charge is 0.448 e. The minimum atomic E-state index is -4.58. The summed E-state index contributed by atoms with van der Waals surface area (Å²) in [5, 5.41) is 8.15. The highest BCUT2D eigenvalue weighted by Crippen LogP contribution is 2.26. The van der Waals surface area contributed by atoms with Crippen LogP contribution in [0.1, 0.15) is 6.92 Å². The zero-order chi connectivity index (χ0) is 9.07. The highest BCUT2D eigenvalue weighted by atomic mass is 19.4. The summed E-state index contributed by atoms with van der Waals surface area (Å²) >= 11 is 0. The van der Waals surface area contributed by atoms with E-state index in [4.69, 9.17) is 5.11 Å². The van der Waals surface area contributed by atoms with Crippen LogP contribution in [-0.4, -0.2) is 11.3 Å². The molecule has 0 bridgehead atoms. The molecular formula is C6H7F3O2. The van der Waals surface area contributed by atoms with Crippen LogP contribution in [0.5, 0.6) is 0 Å². The summed E-state index contributed by atoms with van der Waals surface area (Å²) in [6.45, 7) is 3.79. The van der Waals surface area contributed by atoms with Crippen molar-refractivity contribution in [2.24, 2.45) is 0 Å². The summed E-state index contributed by atoms with van der Waals surface area (Å²) in [4.78, 5) is 0. The molecule has 0 rings (SSSR count). The molecule has 0 aliphatic carbocycles. The monoisotopic (exact) mass is 168 g/mol. The first-order valence-corrected chi connectivity index (χ1v) is 2.63. The van der Waals surface area contributed by atoms with E-state index in [1.165, 1.54) is 6.92 Å². The molecule has 0 radical (unpaired) electrons. The molecule has 11 heavy (non-hydrogen) atoms. The molecule has 0 fully saturated rings. The molecule has 0 heterocycles. The Morgan fingerprint density at radius 1 is 1.55 bits per heavy atom. The van der Waals surface area contributed by atoms with Gasteiger partial charge in [-0.2, -0.15) is 13.2 Å². The average molecular weight is 168 g/mol. The van der Waals surface area contributed by atoms with Gasteiger partial charge in [-0.05, 0) is 6.92 Å². The molecule has 0 aromatic heterocycles. The standard InChI is InChI=1S/C6H7F3O2/c1-4(3-10)11-5(2)6(7,8)9/h3,10H,2H2,1H3/b4-3-. The Morgan fingerprint density at radius 2 is 2.00 bits per heavy atom. The van der Waals surface area contributed by atoms with Gasteiger partial charge >= 0.3 is 6.18 Å². The van der Waals surface area contributed by atoms with Crippen molar-refractivity contribution < 1.29 is 23.0 Å². The molecule has 0 aliphatic rings. The van der Waals surface area contributed by atoms with Crippen LogP contribution in [-0.2, 0) is 4.74 Å². The van der Waals surface area contributed by atoms with Crippen LogP contribution >= 0.6 is 0 Å². The summed E-state index contributed by atoms with van der Waals surface area (Å²) in [6, 6.07) is 0. The van der Waals surface area contributed by atoms with E-state index in [1.807, 2.05) is 0 Å². The number of hydrogen-bond donors (Lipinski definition) is 1. The highest BCUT2D eigenvalue weighted by molar-refractivity contribution is 4.97. The molecule has 2 nitrogen and oxygen atoms in total. The molecule has 0 aliphatic heterocycles. The van der Waals surface area contributed by atoms with Gasteiger partial charge in [0.2, 0.25) is 5.76 Å². The van der Waals surface area contributed by atoms with E-state index in [-0.39, 0.29) is 5.76 Å². The third kappa shape index (κ3) is 3.54. The van der Waals surface area contributed by atoms with Gasteiger partial charge < -0.3 is 9.84 Å². The van der Waals surface area contributed by atoms with Crippen molar-refractivity contribution in [1.82, 2.24) is 0 Å². The summed E-state index contributed by atoms with van der Waals surface area (Å²) in [6.07, 6.45) is -4.15. The maximum Gasteiger partial charge on any atom is 0.448 e. The second-order valence-corrected chi connectivity index (χ2v) is 1.76. The minimum Gasteiger partial charge on any atom is -0.512 e. The SMILES string of the molecule is C=C(O/C(C)=C\O)C(F)(F)F. The first kappa shape index (κ1) is 9.87. The van der Waals surface area contributed by atoms with E-state index < -0.39 is 11.9 Å².